The number of rotatable bonds is 7. The van der Waals surface area contributed by atoms with Crippen molar-refractivity contribution in [1.29, 1.82) is 0 Å². The maximum Gasteiger partial charge on any atom is 0.191 e. The number of hydrogen-bond acceptors (Lipinski definition) is 5. The summed E-state index contributed by atoms with van der Waals surface area (Å²) in [7, 11) is 1.77. The average Bonchev–Trinajstić information content (AvgIpc) is 3.16. The first kappa shape index (κ1) is 24.0. The van der Waals surface area contributed by atoms with Crippen LogP contribution in [0.25, 0.3) is 0 Å². The maximum absolute atomic E-state index is 9.39. The molecule has 0 spiro atoms. The van der Waals surface area contributed by atoms with E-state index in [1.807, 2.05) is 6.07 Å². The third kappa shape index (κ3) is 6.11. The molecule has 1 atom stereocenters. The lowest BCUT2D eigenvalue weighted by atomic mass is 9.84. The second-order valence-electron chi connectivity index (χ2n) is 8.30. The van der Waals surface area contributed by atoms with Crippen molar-refractivity contribution in [3.8, 4) is 11.5 Å². The van der Waals surface area contributed by atoms with Crippen molar-refractivity contribution in [2.24, 2.45) is 10.4 Å². The van der Waals surface area contributed by atoms with Gasteiger partial charge in [-0.15, -0.1) is 24.0 Å². The van der Waals surface area contributed by atoms with Crippen LogP contribution < -0.4 is 20.1 Å². The van der Waals surface area contributed by atoms with Gasteiger partial charge < -0.3 is 30.0 Å². The van der Waals surface area contributed by atoms with E-state index in [1.165, 1.54) is 5.56 Å². The van der Waals surface area contributed by atoms with Crippen molar-refractivity contribution in [3.05, 3.63) is 23.8 Å². The maximum atomic E-state index is 9.39. The molecule has 0 amide bonds. The van der Waals surface area contributed by atoms with Crippen LogP contribution >= 0.6 is 24.0 Å². The lowest BCUT2D eigenvalue weighted by Crippen LogP contribution is -2.47. The summed E-state index contributed by atoms with van der Waals surface area (Å²) < 4.78 is 16.9. The van der Waals surface area contributed by atoms with Gasteiger partial charge >= 0.3 is 0 Å². The zero-order valence-electron chi connectivity index (χ0n) is 17.6. The number of guanidine groups is 1. The van der Waals surface area contributed by atoms with E-state index in [1.54, 1.807) is 7.05 Å². The molecule has 1 saturated heterocycles. The molecule has 2 aliphatic heterocycles. The second-order valence-corrected chi connectivity index (χ2v) is 8.30. The Kier molecular flexibility index (Phi) is 8.84. The molecule has 1 unspecified atom stereocenters. The molecule has 1 fully saturated rings. The molecule has 0 saturated carbocycles. The molecule has 0 aromatic heterocycles. The number of halogens is 1. The predicted octanol–water partition coefficient (Wildman–Crippen LogP) is 2.31. The number of aliphatic hydroxyl groups excluding tert-OH is 1. The second kappa shape index (κ2) is 10.7. The van der Waals surface area contributed by atoms with E-state index in [0.717, 1.165) is 50.0 Å². The Morgan fingerprint density at radius 1 is 1.17 bits per heavy atom. The van der Waals surface area contributed by atoms with Crippen LogP contribution in [-0.4, -0.2) is 64.2 Å². The first-order valence-electron chi connectivity index (χ1n) is 10.0. The fraction of sp³-hybridized carbons (Fsp3) is 0.667. The Hall–Kier alpha value is -1.26. The van der Waals surface area contributed by atoms with Gasteiger partial charge in [-0.25, -0.2) is 0 Å². The van der Waals surface area contributed by atoms with E-state index >= 15 is 0 Å². The summed E-state index contributed by atoms with van der Waals surface area (Å²) >= 11 is 0. The lowest BCUT2D eigenvalue weighted by molar-refractivity contribution is 0.127. The van der Waals surface area contributed by atoms with E-state index in [-0.39, 0.29) is 41.4 Å². The van der Waals surface area contributed by atoms with Gasteiger partial charge in [0, 0.05) is 44.2 Å². The molecule has 0 aliphatic carbocycles. The van der Waals surface area contributed by atoms with Crippen LogP contribution in [0.4, 0.5) is 0 Å². The Bertz CT molecular complexity index is 691. The van der Waals surface area contributed by atoms with Gasteiger partial charge in [0.05, 0.1) is 6.61 Å². The Morgan fingerprint density at radius 3 is 2.59 bits per heavy atom. The number of fused-ring (bicyclic) bond motifs is 1. The zero-order valence-corrected chi connectivity index (χ0v) is 20.0. The number of hydrogen-bond donors (Lipinski definition) is 3. The Balaban J connectivity index is 0.00000300. The minimum atomic E-state index is -0.118. The van der Waals surface area contributed by atoms with Crippen molar-refractivity contribution in [2.45, 2.75) is 32.1 Å². The molecule has 164 valence electrons. The van der Waals surface area contributed by atoms with Crippen LogP contribution in [0.2, 0.25) is 0 Å². The van der Waals surface area contributed by atoms with Crippen LogP contribution in [0, 0.1) is 5.41 Å². The Labute approximate surface area is 190 Å². The summed E-state index contributed by atoms with van der Waals surface area (Å²) in [6.07, 6.45) is 1.69. The van der Waals surface area contributed by atoms with Gasteiger partial charge in [0.2, 0.25) is 0 Å². The minimum absolute atomic E-state index is 0. The fourth-order valence-electron chi connectivity index (χ4n) is 3.67. The molecule has 0 bridgehead atoms. The van der Waals surface area contributed by atoms with E-state index in [0.29, 0.717) is 19.8 Å². The van der Waals surface area contributed by atoms with Gasteiger partial charge in [-0.1, -0.05) is 19.9 Å². The van der Waals surface area contributed by atoms with E-state index in [9.17, 15) is 5.11 Å². The quantitative estimate of drug-likeness (QED) is 0.292. The summed E-state index contributed by atoms with van der Waals surface area (Å²) in [4.78, 5) is 4.35. The molecule has 29 heavy (non-hydrogen) atoms. The van der Waals surface area contributed by atoms with Crippen LogP contribution in [0.1, 0.15) is 32.3 Å². The molecule has 0 radical (unpaired) electrons. The van der Waals surface area contributed by atoms with Gasteiger partial charge in [0.25, 0.3) is 0 Å². The van der Waals surface area contributed by atoms with Gasteiger partial charge in [-0.05, 0) is 30.5 Å². The number of ether oxygens (including phenoxy) is 3. The number of aliphatic imine (C=N–C) groups is 1. The highest BCUT2D eigenvalue weighted by Crippen LogP contribution is 2.35. The highest BCUT2D eigenvalue weighted by Gasteiger charge is 2.34. The minimum Gasteiger partial charge on any atom is -0.486 e. The van der Waals surface area contributed by atoms with Crippen LogP contribution in [0.3, 0.4) is 0 Å². The molecule has 3 rings (SSSR count). The largest absolute Gasteiger partial charge is 0.486 e. The van der Waals surface area contributed by atoms with Crippen molar-refractivity contribution >= 4 is 29.9 Å². The van der Waals surface area contributed by atoms with Gasteiger partial charge in [-0.2, -0.15) is 0 Å². The van der Waals surface area contributed by atoms with E-state index in [4.69, 9.17) is 14.2 Å². The van der Waals surface area contributed by atoms with Crippen LogP contribution in [-0.2, 0) is 10.2 Å². The van der Waals surface area contributed by atoms with Gasteiger partial charge in [-0.3, -0.25) is 4.99 Å². The third-order valence-corrected chi connectivity index (χ3v) is 5.70. The van der Waals surface area contributed by atoms with Gasteiger partial charge in [0.1, 0.15) is 13.2 Å². The SMILES string of the molecule is CN=C(NCC1(CCO)CCOC1)NCC(C)(C)c1ccc2c(c1)OCCO2.I. The monoisotopic (exact) mass is 519 g/mol. The highest BCUT2D eigenvalue weighted by molar-refractivity contribution is 14.0. The molecule has 7 nitrogen and oxygen atoms in total. The van der Waals surface area contributed by atoms with Crippen molar-refractivity contribution < 1.29 is 19.3 Å². The zero-order chi connectivity index (χ0) is 20.0. The molecular weight excluding hydrogens is 485 g/mol. The highest BCUT2D eigenvalue weighted by atomic mass is 127. The standard InChI is InChI=1S/C21H33N3O4.HI/c1-20(2,16-4-5-17-18(12-16)28-11-10-27-17)13-23-19(22-3)24-14-21(6-8-25)7-9-26-15-21;/h4-5,12,25H,6-11,13-15H2,1-3H3,(H2,22,23,24);1H. The summed E-state index contributed by atoms with van der Waals surface area (Å²) in [5, 5.41) is 16.2. The Morgan fingerprint density at radius 2 is 1.93 bits per heavy atom. The molecule has 2 aliphatic rings. The van der Waals surface area contributed by atoms with Crippen molar-refractivity contribution in [3.63, 3.8) is 0 Å². The normalized spacial score (nSPS) is 21.4. The first-order chi connectivity index (χ1) is 13.5. The van der Waals surface area contributed by atoms with Crippen LogP contribution in [0.15, 0.2) is 23.2 Å². The third-order valence-electron chi connectivity index (χ3n) is 5.70. The topological polar surface area (TPSA) is 84.3 Å². The van der Waals surface area contributed by atoms with E-state index in [2.05, 4.69) is 41.6 Å². The van der Waals surface area contributed by atoms with Crippen molar-refractivity contribution in [2.75, 3.05) is 53.2 Å². The number of nitrogens with zero attached hydrogens (tertiary/aromatic N) is 1. The summed E-state index contributed by atoms with van der Waals surface area (Å²) in [6.45, 7) is 8.63. The first-order valence-corrected chi connectivity index (χ1v) is 10.0. The molecule has 8 heteroatoms. The molecule has 3 N–H and O–H groups in total. The molecule has 2 heterocycles. The number of aliphatic hydroxyl groups is 1. The number of benzene rings is 1. The molecule has 1 aromatic rings. The van der Waals surface area contributed by atoms with Gasteiger partial charge in [0.15, 0.2) is 17.5 Å². The summed E-state index contributed by atoms with van der Waals surface area (Å²) in [5.74, 6) is 2.38. The van der Waals surface area contributed by atoms with E-state index < -0.39 is 0 Å². The van der Waals surface area contributed by atoms with Crippen LogP contribution in [0.5, 0.6) is 11.5 Å². The fourth-order valence-corrected chi connectivity index (χ4v) is 3.67. The molecule has 1 aromatic carbocycles. The average molecular weight is 519 g/mol. The number of nitrogens with one attached hydrogen (secondary N) is 2. The molecular formula is C21H34IN3O4. The summed E-state index contributed by atoms with van der Waals surface area (Å²) in [5.41, 5.74) is 1.05. The lowest BCUT2D eigenvalue weighted by Gasteiger charge is -2.30. The smallest absolute Gasteiger partial charge is 0.191 e. The van der Waals surface area contributed by atoms with Crippen molar-refractivity contribution in [1.82, 2.24) is 10.6 Å². The summed E-state index contributed by atoms with van der Waals surface area (Å²) in [6, 6.07) is 6.15. The predicted molar refractivity (Wildman–Crippen MR) is 125 cm³/mol.